The maximum atomic E-state index is 12.5. The molecule has 1 aromatic heterocycles. The van der Waals surface area contributed by atoms with E-state index in [2.05, 4.69) is 15.6 Å². The molecule has 0 fully saturated rings. The van der Waals surface area contributed by atoms with Crippen LogP contribution in [0.5, 0.6) is 0 Å². The van der Waals surface area contributed by atoms with E-state index in [1.54, 1.807) is 24.3 Å². The van der Waals surface area contributed by atoms with Gasteiger partial charge in [0.05, 0.1) is 10.2 Å². The van der Waals surface area contributed by atoms with Crippen molar-refractivity contribution in [2.45, 2.75) is 33.6 Å². The summed E-state index contributed by atoms with van der Waals surface area (Å²) in [6.45, 7) is 6.01. The zero-order valence-corrected chi connectivity index (χ0v) is 16.5. The van der Waals surface area contributed by atoms with Gasteiger partial charge in [-0.2, -0.15) is 0 Å². The van der Waals surface area contributed by atoms with Crippen LogP contribution in [0, 0.1) is 12.8 Å². The van der Waals surface area contributed by atoms with Gasteiger partial charge in [0.15, 0.2) is 5.13 Å². The summed E-state index contributed by atoms with van der Waals surface area (Å²) in [5, 5.41) is 6.33. The molecule has 1 heterocycles. The van der Waals surface area contributed by atoms with Gasteiger partial charge in [0.2, 0.25) is 5.91 Å². The molecule has 2 amide bonds. The van der Waals surface area contributed by atoms with E-state index in [9.17, 15) is 9.59 Å². The summed E-state index contributed by atoms with van der Waals surface area (Å²) in [6.07, 6.45) is 1.62. The molecule has 0 saturated carbocycles. The Bertz CT molecular complexity index is 959. The van der Waals surface area contributed by atoms with Crippen molar-refractivity contribution in [2.75, 3.05) is 10.6 Å². The molecule has 0 spiro atoms. The van der Waals surface area contributed by atoms with Gasteiger partial charge in [-0.25, -0.2) is 4.98 Å². The first-order valence-corrected chi connectivity index (χ1v) is 9.91. The second-order valence-corrected chi connectivity index (χ2v) is 7.51. The number of rotatable bonds is 6. The van der Waals surface area contributed by atoms with Gasteiger partial charge < -0.3 is 5.32 Å². The Kier molecular flexibility index (Phi) is 5.86. The van der Waals surface area contributed by atoms with E-state index in [-0.39, 0.29) is 17.7 Å². The van der Waals surface area contributed by atoms with E-state index >= 15 is 0 Å². The third-order valence-electron chi connectivity index (χ3n) is 4.61. The van der Waals surface area contributed by atoms with Gasteiger partial charge in [0.1, 0.15) is 0 Å². The first kappa shape index (κ1) is 19.0. The second-order valence-electron chi connectivity index (χ2n) is 6.47. The quantitative estimate of drug-likeness (QED) is 0.614. The molecule has 0 aliphatic heterocycles. The molecule has 0 aliphatic carbocycles. The van der Waals surface area contributed by atoms with E-state index in [0.717, 1.165) is 28.6 Å². The van der Waals surface area contributed by atoms with Crippen LogP contribution >= 0.6 is 11.3 Å². The van der Waals surface area contributed by atoms with Crippen LogP contribution in [0.25, 0.3) is 10.2 Å². The number of aryl methyl sites for hydroxylation is 1. The minimum absolute atomic E-state index is 0.00969. The predicted molar refractivity (Wildman–Crippen MR) is 111 cm³/mol. The Morgan fingerprint density at radius 1 is 1.04 bits per heavy atom. The van der Waals surface area contributed by atoms with Gasteiger partial charge >= 0.3 is 0 Å². The Hall–Kier alpha value is -2.73. The molecule has 0 aliphatic rings. The molecular formula is C21H23N3O2S. The van der Waals surface area contributed by atoms with Crippen LogP contribution in [-0.4, -0.2) is 16.8 Å². The zero-order valence-electron chi connectivity index (χ0n) is 15.7. The molecular weight excluding hydrogens is 358 g/mol. The van der Waals surface area contributed by atoms with E-state index in [4.69, 9.17) is 0 Å². The lowest BCUT2D eigenvalue weighted by atomic mass is 10.0. The number of nitrogens with one attached hydrogen (secondary N) is 2. The fraction of sp³-hybridized carbons (Fsp3) is 0.286. The highest BCUT2D eigenvalue weighted by atomic mass is 32.1. The number of benzene rings is 2. The van der Waals surface area contributed by atoms with Crippen LogP contribution in [-0.2, 0) is 4.79 Å². The topological polar surface area (TPSA) is 71.1 Å². The number of hydrogen-bond donors (Lipinski definition) is 2. The highest BCUT2D eigenvalue weighted by Gasteiger charge is 2.15. The average Bonchev–Trinajstić information content (AvgIpc) is 3.07. The summed E-state index contributed by atoms with van der Waals surface area (Å²) in [5.74, 6) is -0.193. The number of carbonyl (C=O) groups excluding carboxylic acids is 2. The summed E-state index contributed by atoms with van der Waals surface area (Å²) < 4.78 is 1.05. The van der Waals surface area contributed by atoms with Gasteiger partial charge in [-0.05, 0) is 55.7 Å². The minimum atomic E-state index is -0.218. The molecule has 0 radical (unpaired) electrons. The molecule has 0 unspecified atom stereocenters. The van der Waals surface area contributed by atoms with Gasteiger partial charge in [-0.1, -0.05) is 37.3 Å². The lowest BCUT2D eigenvalue weighted by Crippen LogP contribution is -2.21. The fourth-order valence-electron chi connectivity index (χ4n) is 2.92. The minimum Gasteiger partial charge on any atom is -0.326 e. The molecule has 3 rings (SSSR count). The molecule has 3 aromatic rings. The van der Waals surface area contributed by atoms with Crippen molar-refractivity contribution in [3.05, 3.63) is 53.6 Å². The van der Waals surface area contributed by atoms with Crippen LogP contribution in [0.3, 0.4) is 0 Å². The number of thiazole rings is 1. The van der Waals surface area contributed by atoms with Gasteiger partial charge in [-0.15, -0.1) is 0 Å². The summed E-state index contributed by atoms with van der Waals surface area (Å²) >= 11 is 1.45. The van der Waals surface area contributed by atoms with Crippen molar-refractivity contribution in [1.29, 1.82) is 0 Å². The molecule has 5 nitrogen and oxygen atoms in total. The van der Waals surface area contributed by atoms with Crippen LogP contribution in [0.4, 0.5) is 10.8 Å². The van der Waals surface area contributed by atoms with Crippen molar-refractivity contribution in [3.63, 3.8) is 0 Å². The SMILES string of the molecule is CCC(CC)C(=O)Nc1ccc(C(=O)Nc2nc3c(C)cccc3s2)cc1. The molecule has 2 aromatic carbocycles. The molecule has 2 N–H and O–H groups in total. The molecule has 27 heavy (non-hydrogen) atoms. The second kappa shape index (κ2) is 8.31. The summed E-state index contributed by atoms with van der Waals surface area (Å²) in [5.41, 5.74) is 3.21. The highest BCUT2D eigenvalue weighted by Crippen LogP contribution is 2.28. The number of amides is 2. The molecule has 0 bridgehead atoms. The van der Waals surface area contributed by atoms with Crippen LogP contribution in [0.1, 0.15) is 42.6 Å². The monoisotopic (exact) mass is 381 g/mol. The number of hydrogen-bond acceptors (Lipinski definition) is 4. The molecule has 0 saturated heterocycles. The van der Waals surface area contributed by atoms with E-state index in [1.807, 2.05) is 39.0 Å². The van der Waals surface area contributed by atoms with Crippen molar-refractivity contribution >= 4 is 44.2 Å². The Labute approximate surface area is 162 Å². The highest BCUT2D eigenvalue weighted by molar-refractivity contribution is 7.22. The normalized spacial score (nSPS) is 11.0. The predicted octanol–water partition coefficient (Wildman–Crippen LogP) is 5.23. The fourth-order valence-corrected chi connectivity index (χ4v) is 3.86. The standard InChI is InChI=1S/C21H23N3O2S/c1-4-14(5-2)19(25)22-16-11-9-15(10-12-16)20(26)24-21-23-18-13(3)7-6-8-17(18)27-21/h6-12,14H,4-5H2,1-3H3,(H,22,25)(H,23,24,26). The van der Waals surface area contributed by atoms with Crippen molar-refractivity contribution in [3.8, 4) is 0 Å². The number of carbonyl (C=O) groups is 2. The first-order chi connectivity index (χ1) is 13.0. The number of para-hydroxylation sites is 1. The lowest BCUT2D eigenvalue weighted by Gasteiger charge is -2.13. The van der Waals surface area contributed by atoms with Gasteiger partial charge in [-0.3, -0.25) is 14.9 Å². The Balaban J connectivity index is 1.68. The van der Waals surface area contributed by atoms with Crippen molar-refractivity contribution < 1.29 is 9.59 Å². The molecule has 0 atom stereocenters. The Morgan fingerprint density at radius 3 is 2.37 bits per heavy atom. The third kappa shape index (κ3) is 4.34. The van der Waals surface area contributed by atoms with Crippen LogP contribution in [0.15, 0.2) is 42.5 Å². The van der Waals surface area contributed by atoms with Crippen LogP contribution in [0.2, 0.25) is 0 Å². The number of anilines is 2. The van der Waals surface area contributed by atoms with E-state index < -0.39 is 0 Å². The smallest absolute Gasteiger partial charge is 0.257 e. The number of nitrogens with zero attached hydrogens (tertiary/aromatic N) is 1. The number of aromatic nitrogens is 1. The zero-order chi connectivity index (χ0) is 19.4. The first-order valence-electron chi connectivity index (χ1n) is 9.10. The van der Waals surface area contributed by atoms with E-state index in [1.165, 1.54) is 11.3 Å². The summed E-state index contributed by atoms with van der Waals surface area (Å²) in [4.78, 5) is 29.1. The average molecular weight is 382 g/mol. The summed E-state index contributed by atoms with van der Waals surface area (Å²) in [6, 6.07) is 12.9. The third-order valence-corrected chi connectivity index (χ3v) is 5.55. The number of fused-ring (bicyclic) bond motifs is 1. The van der Waals surface area contributed by atoms with Crippen molar-refractivity contribution in [1.82, 2.24) is 4.98 Å². The Morgan fingerprint density at radius 2 is 1.74 bits per heavy atom. The lowest BCUT2D eigenvalue weighted by molar-refractivity contribution is -0.120. The molecule has 140 valence electrons. The van der Waals surface area contributed by atoms with Gasteiger partial charge in [0.25, 0.3) is 5.91 Å². The van der Waals surface area contributed by atoms with Gasteiger partial charge in [0, 0.05) is 17.2 Å². The largest absolute Gasteiger partial charge is 0.326 e. The maximum absolute atomic E-state index is 12.5. The summed E-state index contributed by atoms with van der Waals surface area (Å²) in [7, 11) is 0. The van der Waals surface area contributed by atoms with E-state index in [0.29, 0.717) is 16.4 Å². The molecule has 6 heteroatoms. The van der Waals surface area contributed by atoms with Crippen LogP contribution < -0.4 is 10.6 Å². The maximum Gasteiger partial charge on any atom is 0.257 e. The van der Waals surface area contributed by atoms with Crippen molar-refractivity contribution in [2.24, 2.45) is 5.92 Å².